The van der Waals surface area contributed by atoms with Crippen LogP contribution in [-0.4, -0.2) is 11.0 Å². The van der Waals surface area contributed by atoms with Crippen molar-refractivity contribution >= 4 is 11.6 Å². The first-order chi connectivity index (χ1) is 9.22. The van der Waals surface area contributed by atoms with E-state index in [1.54, 1.807) is 0 Å². The van der Waals surface area contributed by atoms with Gasteiger partial charge in [0, 0.05) is 35.1 Å². The topological polar surface area (TPSA) is 24.9 Å². The van der Waals surface area contributed by atoms with Gasteiger partial charge in [-0.2, -0.15) is 0 Å². The predicted octanol–water partition coefficient (Wildman–Crippen LogP) is 3.96. The van der Waals surface area contributed by atoms with E-state index < -0.39 is 0 Å². The molecule has 1 aromatic carbocycles. The molecule has 1 aliphatic carbocycles. The van der Waals surface area contributed by atoms with Gasteiger partial charge in [-0.15, -0.1) is 0 Å². The number of pyridine rings is 1. The monoisotopic (exact) mass is 272 g/mol. The van der Waals surface area contributed by atoms with Crippen molar-refractivity contribution in [1.82, 2.24) is 10.3 Å². The van der Waals surface area contributed by atoms with Crippen LogP contribution in [0.25, 0.3) is 11.1 Å². The summed E-state index contributed by atoms with van der Waals surface area (Å²) in [6.07, 6.45) is 4.44. The molecule has 2 nitrogen and oxygen atoms in total. The summed E-state index contributed by atoms with van der Waals surface area (Å²) in [5.74, 6) is 0. The van der Waals surface area contributed by atoms with Crippen molar-refractivity contribution in [1.29, 1.82) is 0 Å². The highest BCUT2D eigenvalue weighted by Gasteiger charge is 2.20. The molecule has 0 bridgehead atoms. The Bertz CT molecular complexity index is 591. The lowest BCUT2D eigenvalue weighted by Gasteiger charge is -2.08. The van der Waals surface area contributed by atoms with Crippen LogP contribution in [-0.2, 0) is 6.54 Å². The van der Waals surface area contributed by atoms with E-state index in [-0.39, 0.29) is 0 Å². The Morgan fingerprint density at radius 2 is 2.11 bits per heavy atom. The van der Waals surface area contributed by atoms with Gasteiger partial charge in [0.25, 0.3) is 0 Å². The molecule has 0 atom stereocenters. The highest BCUT2D eigenvalue weighted by Crippen LogP contribution is 2.29. The first-order valence-electron chi connectivity index (χ1n) is 6.67. The maximum atomic E-state index is 6.40. The lowest BCUT2D eigenvalue weighted by atomic mass is 10.0. The largest absolute Gasteiger partial charge is 0.310 e. The molecule has 1 fully saturated rings. The lowest BCUT2D eigenvalue weighted by molar-refractivity contribution is 0.688. The molecule has 0 unspecified atom stereocenters. The van der Waals surface area contributed by atoms with Crippen molar-refractivity contribution < 1.29 is 0 Å². The van der Waals surface area contributed by atoms with Crippen molar-refractivity contribution in [2.24, 2.45) is 0 Å². The van der Waals surface area contributed by atoms with E-state index in [4.69, 9.17) is 11.6 Å². The summed E-state index contributed by atoms with van der Waals surface area (Å²) in [6, 6.07) is 11.1. The zero-order valence-corrected chi connectivity index (χ0v) is 11.7. The number of nitrogens with zero attached hydrogens (tertiary/aromatic N) is 1. The molecule has 0 spiro atoms. The van der Waals surface area contributed by atoms with Gasteiger partial charge in [0.05, 0.1) is 0 Å². The molecule has 3 heteroatoms. The summed E-state index contributed by atoms with van der Waals surface area (Å²) in [5.41, 5.74) is 4.45. The quantitative estimate of drug-likeness (QED) is 0.911. The van der Waals surface area contributed by atoms with Gasteiger partial charge in [0.1, 0.15) is 0 Å². The molecule has 2 aromatic rings. The van der Waals surface area contributed by atoms with E-state index >= 15 is 0 Å². The van der Waals surface area contributed by atoms with E-state index in [2.05, 4.69) is 34.6 Å². The Hall–Kier alpha value is -1.38. The molecular formula is C16H17ClN2. The van der Waals surface area contributed by atoms with Gasteiger partial charge in [0.15, 0.2) is 0 Å². The Kier molecular flexibility index (Phi) is 3.54. The SMILES string of the molecule is Cc1cc(-c2ccc(CNC3CC3)cc2Cl)ccn1. The van der Waals surface area contributed by atoms with E-state index in [1.165, 1.54) is 18.4 Å². The molecule has 0 radical (unpaired) electrons. The van der Waals surface area contributed by atoms with Crippen molar-refractivity contribution in [2.75, 3.05) is 0 Å². The molecule has 1 aromatic heterocycles. The fourth-order valence-corrected chi connectivity index (χ4v) is 2.48. The molecule has 19 heavy (non-hydrogen) atoms. The summed E-state index contributed by atoms with van der Waals surface area (Å²) < 4.78 is 0. The van der Waals surface area contributed by atoms with Crippen LogP contribution in [0.4, 0.5) is 0 Å². The van der Waals surface area contributed by atoms with Gasteiger partial charge in [-0.05, 0) is 49.1 Å². The van der Waals surface area contributed by atoms with Gasteiger partial charge < -0.3 is 5.32 Å². The highest BCUT2D eigenvalue weighted by atomic mass is 35.5. The van der Waals surface area contributed by atoms with Crippen molar-refractivity contribution in [3.63, 3.8) is 0 Å². The van der Waals surface area contributed by atoms with E-state index in [0.29, 0.717) is 0 Å². The predicted molar refractivity (Wildman–Crippen MR) is 79.3 cm³/mol. The molecule has 1 N–H and O–H groups in total. The standard InChI is InChI=1S/C16H17ClN2/c1-11-8-13(6-7-18-11)15-5-2-12(9-16(15)17)10-19-14-3-4-14/h2,5-9,14,19H,3-4,10H2,1H3. The Balaban J connectivity index is 1.82. The molecule has 1 saturated carbocycles. The van der Waals surface area contributed by atoms with Crippen LogP contribution < -0.4 is 5.32 Å². The number of hydrogen-bond acceptors (Lipinski definition) is 2. The summed E-state index contributed by atoms with van der Waals surface area (Å²) >= 11 is 6.40. The second kappa shape index (κ2) is 5.32. The van der Waals surface area contributed by atoms with Gasteiger partial charge >= 0.3 is 0 Å². The summed E-state index contributed by atoms with van der Waals surface area (Å²) in [4.78, 5) is 4.22. The maximum absolute atomic E-state index is 6.40. The minimum atomic E-state index is 0.723. The van der Waals surface area contributed by atoms with Gasteiger partial charge in [-0.25, -0.2) is 0 Å². The van der Waals surface area contributed by atoms with Gasteiger partial charge in [0.2, 0.25) is 0 Å². The fraction of sp³-hybridized carbons (Fsp3) is 0.312. The summed E-state index contributed by atoms with van der Waals surface area (Å²) in [6.45, 7) is 2.89. The van der Waals surface area contributed by atoms with Gasteiger partial charge in [-0.3, -0.25) is 4.98 Å². The van der Waals surface area contributed by atoms with E-state index in [1.807, 2.05) is 19.2 Å². The molecule has 0 amide bonds. The first kappa shape index (κ1) is 12.6. The highest BCUT2D eigenvalue weighted by molar-refractivity contribution is 6.33. The van der Waals surface area contributed by atoms with Crippen LogP contribution in [0.15, 0.2) is 36.5 Å². The summed E-state index contributed by atoms with van der Waals surface area (Å²) in [7, 11) is 0. The van der Waals surface area contributed by atoms with Crippen LogP contribution in [0, 0.1) is 6.92 Å². The summed E-state index contributed by atoms with van der Waals surface area (Å²) in [5, 5.41) is 4.31. The minimum Gasteiger partial charge on any atom is -0.310 e. The average molecular weight is 273 g/mol. The molecule has 0 saturated heterocycles. The van der Waals surface area contributed by atoms with Crippen LogP contribution >= 0.6 is 11.6 Å². The second-order valence-corrected chi connectivity index (χ2v) is 5.56. The minimum absolute atomic E-state index is 0.723. The number of aromatic nitrogens is 1. The van der Waals surface area contributed by atoms with Crippen LogP contribution in [0.3, 0.4) is 0 Å². The van der Waals surface area contributed by atoms with E-state index in [9.17, 15) is 0 Å². The molecular weight excluding hydrogens is 256 g/mol. The lowest BCUT2D eigenvalue weighted by Crippen LogP contribution is -2.15. The first-order valence-corrected chi connectivity index (χ1v) is 7.05. The number of nitrogens with one attached hydrogen (secondary N) is 1. The number of aryl methyl sites for hydroxylation is 1. The second-order valence-electron chi connectivity index (χ2n) is 5.16. The normalized spacial score (nSPS) is 14.6. The maximum Gasteiger partial charge on any atom is 0.0487 e. The molecule has 3 rings (SSSR count). The Morgan fingerprint density at radius 3 is 2.79 bits per heavy atom. The average Bonchev–Trinajstić information content (AvgIpc) is 3.20. The van der Waals surface area contributed by atoms with Crippen LogP contribution in [0.2, 0.25) is 5.02 Å². The molecule has 98 valence electrons. The van der Waals surface area contributed by atoms with Crippen LogP contribution in [0.1, 0.15) is 24.1 Å². The molecule has 1 heterocycles. The van der Waals surface area contributed by atoms with Crippen molar-refractivity contribution in [3.05, 3.63) is 52.8 Å². The number of halogens is 1. The van der Waals surface area contributed by atoms with Crippen molar-refractivity contribution in [3.8, 4) is 11.1 Å². The zero-order chi connectivity index (χ0) is 13.2. The zero-order valence-electron chi connectivity index (χ0n) is 11.0. The molecule has 1 aliphatic rings. The number of rotatable bonds is 4. The van der Waals surface area contributed by atoms with E-state index in [0.717, 1.165) is 34.4 Å². The number of hydrogen-bond donors (Lipinski definition) is 1. The fourth-order valence-electron chi connectivity index (χ4n) is 2.17. The third kappa shape index (κ3) is 3.14. The molecule has 0 aliphatic heterocycles. The number of benzene rings is 1. The van der Waals surface area contributed by atoms with Crippen molar-refractivity contribution in [2.45, 2.75) is 32.4 Å². The third-order valence-corrected chi connectivity index (χ3v) is 3.73. The Labute approximate surface area is 118 Å². The Morgan fingerprint density at radius 1 is 1.26 bits per heavy atom. The smallest absolute Gasteiger partial charge is 0.0487 e. The van der Waals surface area contributed by atoms with Gasteiger partial charge in [-0.1, -0.05) is 23.7 Å². The van der Waals surface area contributed by atoms with Crippen LogP contribution in [0.5, 0.6) is 0 Å². The third-order valence-electron chi connectivity index (χ3n) is 3.41.